The molecule has 1 aliphatic rings. The van der Waals surface area contributed by atoms with E-state index in [0.717, 1.165) is 22.3 Å². The number of ether oxygens (including phenoxy) is 1. The van der Waals surface area contributed by atoms with Crippen LogP contribution in [0.4, 0.5) is 10.5 Å². The van der Waals surface area contributed by atoms with Gasteiger partial charge in [-0.05, 0) is 35.9 Å². The van der Waals surface area contributed by atoms with E-state index in [0.29, 0.717) is 11.3 Å². The number of amides is 1. The van der Waals surface area contributed by atoms with Gasteiger partial charge in [0.25, 0.3) is 0 Å². The maximum absolute atomic E-state index is 11.9. The predicted molar refractivity (Wildman–Crippen MR) is 92.8 cm³/mol. The van der Waals surface area contributed by atoms with Gasteiger partial charge in [-0.3, -0.25) is 10.1 Å². The van der Waals surface area contributed by atoms with Crippen LogP contribution in [0, 0.1) is 0 Å². The molecule has 1 aliphatic heterocycles. The summed E-state index contributed by atoms with van der Waals surface area (Å²) in [5, 5.41) is 4.69. The zero-order valence-corrected chi connectivity index (χ0v) is 13.6. The van der Waals surface area contributed by atoms with E-state index in [9.17, 15) is 9.59 Å². The van der Waals surface area contributed by atoms with Crippen LogP contribution >= 0.6 is 21.6 Å². The number of fused-ring (bicyclic) bond motifs is 1. The van der Waals surface area contributed by atoms with E-state index in [4.69, 9.17) is 4.74 Å². The van der Waals surface area contributed by atoms with E-state index in [1.165, 1.54) is 0 Å². The van der Waals surface area contributed by atoms with Crippen LogP contribution in [0.25, 0.3) is 10.8 Å². The summed E-state index contributed by atoms with van der Waals surface area (Å²) in [4.78, 5) is 23.2. The first kappa shape index (κ1) is 15.2. The molecular weight excluding hydrogens is 318 g/mol. The molecule has 0 spiro atoms. The Labute approximate surface area is 136 Å². The minimum atomic E-state index is -0.423. The Hall–Kier alpha value is -1.66. The first-order valence-corrected chi connectivity index (χ1v) is 9.37. The molecule has 0 aromatic heterocycles. The Morgan fingerprint density at radius 2 is 1.77 bits per heavy atom. The molecule has 1 heterocycles. The summed E-state index contributed by atoms with van der Waals surface area (Å²) in [5.41, 5.74) is 1.37. The molecule has 2 aromatic carbocycles. The number of carbonyl (C=O) groups excluding carboxylic acids is 2. The maximum atomic E-state index is 11.9. The Bertz CT molecular complexity index is 726. The summed E-state index contributed by atoms with van der Waals surface area (Å²) in [6.07, 6.45) is -0.443. The Kier molecular flexibility index (Phi) is 4.59. The minimum Gasteiger partial charge on any atom is -0.444 e. The monoisotopic (exact) mass is 333 g/mol. The van der Waals surface area contributed by atoms with Gasteiger partial charge in [0.2, 0.25) is 0 Å². The lowest BCUT2D eigenvalue weighted by atomic mass is 10.0. The molecular formula is C16H15NO3S2. The summed E-state index contributed by atoms with van der Waals surface area (Å²) >= 11 is 0. The van der Waals surface area contributed by atoms with Crippen molar-refractivity contribution in [2.75, 3.05) is 16.8 Å². The van der Waals surface area contributed by atoms with Gasteiger partial charge in [-0.25, -0.2) is 4.79 Å². The van der Waals surface area contributed by atoms with Gasteiger partial charge in [0.05, 0.1) is 0 Å². The second kappa shape index (κ2) is 6.62. The zero-order chi connectivity index (χ0) is 15.5. The molecule has 3 rings (SSSR count). The van der Waals surface area contributed by atoms with Crippen LogP contribution < -0.4 is 5.32 Å². The molecule has 4 nitrogen and oxygen atoms in total. The van der Waals surface area contributed by atoms with Crippen molar-refractivity contribution in [1.29, 1.82) is 0 Å². The van der Waals surface area contributed by atoms with E-state index >= 15 is 0 Å². The fourth-order valence-electron chi connectivity index (χ4n) is 2.21. The maximum Gasteiger partial charge on any atom is 0.411 e. The highest BCUT2D eigenvalue weighted by atomic mass is 33.1. The number of carbonyl (C=O) groups is 2. The van der Waals surface area contributed by atoms with Crippen LogP contribution in [0.2, 0.25) is 0 Å². The fraction of sp³-hybridized carbons (Fsp3) is 0.250. The van der Waals surface area contributed by atoms with Crippen molar-refractivity contribution in [2.24, 2.45) is 0 Å². The quantitative estimate of drug-likeness (QED) is 0.668. The van der Waals surface area contributed by atoms with Crippen molar-refractivity contribution >= 4 is 49.9 Å². The summed E-state index contributed by atoms with van der Waals surface area (Å²) in [5.74, 6) is 1.72. The molecule has 22 heavy (non-hydrogen) atoms. The molecule has 114 valence electrons. The molecule has 0 unspecified atom stereocenters. The number of ketones is 1. The summed E-state index contributed by atoms with van der Waals surface area (Å²) in [6.45, 7) is 1.55. The highest BCUT2D eigenvalue weighted by Gasteiger charge is 2.20. The largest absolute Gasteiger partial charge is 0.444 e. The standard InChI is InChI=1S/C16H15NO3S2/c1-10(18)11-2-3-13-7-14(5-4-12(13)6-11)17-16(19)20-15-8-21-22-9-15/h2-7,15H,8-9H2,1H3,(H,17,19). The molecule has 0 radical (unpaired) electrons. The van der Waals surface area contributed by atoms with Gasteiger partial charge >= 0.3 is 6.09 Å². The topological polar surface area (TPSA) is 55.4 Å². The lowest BCUT2D eigenvalue weighted by molar-refractivity contribution is 0.101. The van der Waals surface area contributed by atoms with Gasteiger partial charge < -0.3 is 4.74 Å². The van der Waals surface area contributed by atoms with Crippen molar-refractivity contribution < 1.29 is 14.3 Å². The number of hydrogen-bond acceptors (Lipinski definition) is 5. The van der Waals surface area contributed by atoms with Gasteiger partial charge in [0, 0.05) is 22.8 Å². The van der Waals surface area contributed by atoms with Crippen LogP contribution in [0.3, 0.4) is 0 Å². The average molecular weight is 333 g/mol. The fourth-order valence-corrected chi connectivity index (χ4v) is 4.71. The molecule has 1 saturated heterocycles. The van der Waals surface area contributed by atoms with Crippen LogP contribution in [-0.4, -0.2) is 29.5 Å². The van der Waals surface area contributed by atoms with Gasteiger partial charge in [-0.1, -0.05) is 39.8 Å². The number of rotatable bonds is 3. The molecule has 1 N–H and O–H groups in total. The highest BCUT2D eigenvalue weighted by molar-refractivity contribution is 8.77. The Balaban J connectivity index is 1.72. The van der Waals surface area contributed by atoms with Gasteiger partial charge in [0.1, 0.15) is 6.10 Å². The smallest absolute Gasteiger partial charge is 0.411 e. The van der Waals surface area contributed by atoms with E-state index < -0.39 is 6.09 Å². The molecule has 2 aromatic rings. The Morgan fingerprint density at radius 3 is 2.50 bits per heavy atom. The molecule has 6 heteroatoms. The van der Waals surface area contributed by atoms with Gasteiger partial charge in [-0.2, -0.15) is 0 Å². The lowest BCUT2D eigenvalue weighted by Crippen LogP contribution is -2.23. The average Bonchev–Trinajstić information content (AvgIpc) is 2.99. The number of hydrogen-bond donors (Lipinski definition) is 1. The van der Waals surface area contributed by atoms with Crippen LogP contribution in [-0.2, 0) is 4.74 Å². The van der Waals surface area contributed by atoms with E-state index in [1.807, 2.05) is 30.3 Å². The third kappa shape index (κ3) is 3.56. The third-order valence-corrected chi connectivity index (χ3v) is 5.86. The predicted octanol–water partition coefficient (Wildman–Crippen LogP) is 4.35. The van der Waals surface area contributed by atoms with E-state index in [-0.39, 0.29) is 11.9 Å². The van der Waals surface area contributed by atoms with Gasteiger partial charge in [0.15, 0.2) is 5.78 Å². The van der Waals surface area contributed by atoms with Crippen molar-refractivity contribution in [2.45, 2.75) is 13.0 Å². The summed E-state index contributed by atoms with van der Waals surface area (Å²) in [6, 6.07) is 11.1. The van der Waals surface area contributed by atoms with E-state index in [2.05, 4.69) is 5.32 Å². The van der Waals surface area contributed by atoms with Crippen LogP contribution in [0.5, 0.6) is 0 Å². The number of nitrogens with one attached hydrogen (secondary N) is 1. The molecule has 1 fully saturated rings. The van der Waals surface area contributed by atoms with E-state index in [1.54, 1.807) is 34.6 Å². The van der Waals surface area contributed by atoms with Gasteiger partial charge in [-0.15, -0.1) is 0 Å². The first-order chi connectivity index (χ1) is 10.6. The zero-order valence-electron chi connectivity index (χ0n) is 12.0. The molecule has 0 aliphatic carbocycles. The van der Waals surface area contributed by atoms with Crippen molar-refractivity contribution in [3.63, 3.8) is 0 Å². The summed E-state index contributed by atoms with van der Waals surface area (Å²) in [7, 11) is 3.44. The number of anilines is 1. The molecule has 0 saturated carbocycles. The van der Waals surface area contributed by atoms with Crippen LogP contribution in [0.1, 0.15) is 17.3 Å². The number of Topliss-reactive ketones (excluding diaryl/α,β-unsaturated/α-hetero) is 1. The highest BCUT2D eigenvalue weighted by Crippen LogP contribution is 2.32. The lowest BCUT2D eigenvalue weighted by Gasteiger charge is -2.11. The van der Waals surface area contributed by atoms with Crippen LogP contribution in [0.15, 0.2) is 36.4 Å². The second-order valence-corrected chi connectivity index (χ2v) is 7.61. The molecule has 1 amide bonds. The molecule has 0 bridgehead atoms. The molecule has 0 atom stereocenters. The number of benzene rings is 2. The SMILES string of the molecule is CC(=O)c1ccc2cc(NC(=O)OC3CSSC3)ccc2c1. The first-order valence-electron chi connectivity index (χ1n) is 6.88. The third-order valence-electron chi connectivity index (χ3n) is 3.36. The second-order valence-electron chi connectivity index (χ2n) is 5.05. The van der Waals surface area contributed by atoms with Crippen molar-refractivity contribution in [3.05, 3.63) is 42.0 Å². The van der Waals surface area contributed by atoms with Crippen molar-refractivity contribution in [3.8, 4) is 0 Å². The normalized spacial score (nSPS) is 15.0. The minimum absolute atomic E-state index is 0.0198. The summed E-state index contributed by atoms with van der Waals surface area (Å²) < 4.78 is 5.34. The van der Waals surface area contributed by atoms with Crippen molar-refractivity contribution in [1.82, 2.24) is 0 Å². The Morgan fingerprint density at radius 1 is 1.09 bits per heavy atom.